The second-order valence-corrected chi connectivity index (χ2v) is 5.02. The van der Waals surface area contributed by atoms with Gasteiger partial charge >= 0.3 is 5.97 Å². The topological polar surface area (TPSA) is 73.7 Å². The molecule has 1 fully saturated rings. The summed E-state index contributed by atoms with van der Waals surface area (Å²) in [6.07, 6.45) is 2.28. The molecule has 2 rings (SSSR count). The lowest BCUT2D eigenvalue weighted by molar-refractivity contribution is -0.138. The monoisotopic (exact) mass is 297 g/mol. The van der Waals surface area contributed by atoms with Gasteiger partial charge in [-0.2, -0.15) is 0 Å². The Kier molecular flexibility index (Phi) is 4.92. The van der Waals surface area contributed by atoms with Crippen LogP contribution in [0.5, 0.6) is 0 Å². The van der Waals surface area contributed by atoms with Crippen LogP contribution < -0.4 is 0 Å². The molecule has 0 radical (unpaired) electrons. The molecule has 1 aromatic heterocycles. The molecule has 0 atom stereocenters. The Bertz CT molecular complexity index is 509. The molecule has 0 unspecified atom stereocenters. The molecule has 1 aliphatic heterocycles. The van der Waals surface area contributed by atoms with Crippen molar-refractivity contribution in [2.45, 2.75) is 6.42 Å². The van der Waals surface area contributed by atoms with Crippen molar-refractivity contribution in [3.63, 3.8) is 0 Å². The van der Waals surface area contributed by atoms with Gasteiger partial charge in [-0.15, -0.1) is 0 Å². The molecule has 20 heavy (non-hydrogen) atoms. The Labute approximate surface area is 122 Å². The molecule has 1 amide bonds. The molecule has 0 saturated carbocycles. The Morgan fingerprint density at radius 2 is 2.10 bits per heavy atom. The van der Waals surface area contributed by atoms with Gasteiger partial charge in [-0.05, 0) is 18.6 Å². The predicted octanol–water partition coefficient (Wildman–Crippen LogP) is 0.967. The van der Waals surface area contributed by atoms with Gasteiger partial charge < -0.3 is 10.0 Å². The molecule has 0 aliphatic carbocycles. The van der Waals surface area contributed by atoms with E-state index in [2.05, 4.69) is 4.98 Å². The number of pyridine rings is 1. The fourth-order valence-electron chi connectivity index (χ4n) is 2.24. The number of carboxylic acid groups (broad SMARTS) is 1. The van der Waals surface area contributed by atoms with Crippen LogP contribution in [-0.2, 0) is 4.79 Å². The van der Waals surface area contributed by atoms with Crippen molar-refractivity contribution in [3.05, 3.63) is 29.0 Å². The second-order valence-electron chi connectivity index (χ2n) is 4.66. The number of carbonyl (C=O) groups excluding carboxylic acids is 1. The summed E-state index contributed by atoms with van der Waals surface area (Å²) in [7, 11) is 0. The smallest absolute Gasteiger partial charge is 0.317 e. The number of hydrogen-bond donors (Lipinski definition) is 1. The van der Waals surface area contributed by atoms with E-state index >= 15 is 0 Å². The number of nitrogens with zero attached hydrogens (tertiary/aromatic N) is 3. The summed E-state index contributed by atoms with van der Waals surface area (Å²) in [5.74, 6) is -1.000. The Balaban J connectivity index is 2.02. The number of rotatable bonds is 3. The third-order valence-corrected chi connectivity index (χ3v) is 3.53. The van der Waals surface area contributed by atoms with E-state index in [1.54, 1.807) is 17.0 Å². The SMILES string of the molecule is O=C(O)CN1CCCN(C(=O)c2cccnc2Cl)CC1. The van der Waals surface area contributed by atoms with Crippen molar-refractivity contribution < 1.29 is 14.7 Å². The van der Waals surface area contributed by atoms with Gasteiger partial charge in [0, 0.05) is 32.4 Å². The van der Waals surface area contributed by atoms with E-state index in [1.165, 1.54) is 6.20 Å². The normalized spacial score (nSPS) is 16.8. The number of amides is 1. The van der Waals surface area contributed by atoms with Crippen LogP contribution >= 0.6 is 11.6 Å². The number of carbonyl (C=O) groups is 2. The highest BCUT2D eigenvalue weighted by Gasteiger charge is 2.22. The summed E-state index contributed by atoms with van der Waals surface area (Å²) in [5, 5.41) is 9.00. The van der Waals surface area contributed by atoms with E-state index in [1.807, 2.05) is 4.90 Å². The highest BCUT2D eigenvalue weighted by Crippen LogP contribution is 2.15. The molecular weight excluding hydrogens is 282 g/mol. The molecular formula is C13H16ClN3O3. The summed E-state index contributed by atoms with van der Waals surface area (Å²) in [5.41, 5.74) is 0.390. The van der Waals surface area contributed by atoms with Crippen LogP contribution in [0, 0.1) is 0 Å². The molecule has 1 aromatic rings. The van der Waals surface area contributed by atoms with Crippen LogP contribution in [0.15, 0.2) is 18.3 Å². The van der Waals surface area contributed by atoms with Gasteiger partial charge in [0.2, 0.25) is 0 Å². The fraction of sp³-hybridized carbons (Fsp3) is 0.462. The van der Waals surface area contributed by atoms with Gasteiger partial charge in [0.1, 0.15) is 5.15 Å². The van der Waals surface area contributed by atoms with Gasteiger partial charge in [-0.25, -0.2) is 4.98 Å². The molecule has 1 N–H and O–H groups in total. The highest BCUT2D eigenvalue weighted by atomic mass is 35.5. The molecule has 0 aromatic carbocycles. The number of aliphatic carboxylic acids is 1. The predicted molar refractivity (Wildman–Crippen MR) is 73.8 cm³/mol. The minimum absolute atomic E-state index is 0.00960. The Morgan fingerprint density at radius 3 is 2.80 bits per heavy atom. The van der Waals surface area contributed by atoms with Gasteiger partial charge in [0.25, 0.3) is 5.91 Å². The van der Waals surface area contributed by atoms with E-state index < -0.39 is 5.97 Å². The summed E-state index contributed by atoms with van der Waals surface area (Å²) < 4.78 is 0. The zero-order valence-corrected chi connectivity index (χ0v) is 11.7. The lowest BCUT2D eigenvalue weighted by Gasteiger charge is -2.21. The quantitative estimate of drug-likeness (QED) is 0.842. The molecule has 0 bridgehead atoms. The van der Waals surface area contributed by atoms with Gasteiger partial charge in [-0.1, -0.05) is 11.6 Å². The lowest BCUT2D eigenvalue weighted by Crippen LogP contribution is -2.36. The summed E-state index contributed by atoms with van der Waals surface area (Å²) in [6.45, 7) is 2.33. The molecule has 6 nitrogen and oxygen atoms in total. The Morgan fingerprint density at radius 1 is 1.30 bits per heavy atom. The minimum atomic E-state index is -0.847. The first-order valence-corrected chi connectivity index (χ1v) is 6.79. The van der Waals surface area contributed by atoms with Crippen LogP contribution in [-0.4, -0.2) is 64.5 Å². The van der Waals surface area contributed by atoms with E-state index in [4.69, 9.17) is 16.7 Å². The van der Waals surface area contributed by atoms with Gasteiger partial charge in [-0.3, -0.25) is 14.5 Å². The minimum Gasteiger partial charge on any atom is -0.480 e. The van der Waals surface area contributed by atoms with Crippen molar-refractivity contribution in [1.82, 2.24) is 14.8 Å². The number of halogens is 1. The van der Waals surface area contributed by atoms with Crippen molar-refractivity contribution in [1.29, 1.82) is 0 Å². The molecule has 1 aliphatic rings. The maximum Gasteiger partial charge on any atom is 0.317 e. The standard InChI is InChI=1S/C13H16ClN3O3/c14-12-10(3-1-4-15-12)13(20)17-6-2-5-16(7-8-17)9-11(18)19/h1,3-4H,2,5-9H2,(H,18,19). The maximum absolute atomic E-state index is 12.4. The summed E-state index contributed by atoms with van der Waals surface area (Å²) in [6, 6.07) is 3.32. The zero-order valence-electron chi connectivity index (χ0n) is 11.0. The van der Waals surface area contributed by atoms with E-state index in [-0.39, 0.29) is 17.6 Å². The van der Waals surface area contributed by atoms with Crippen molar-refractivity contribution in [2.75, 3.05) is 32.7 Å². The molecule has 2 heterocycles. The number of carboxylic acids is 1. The average molecular weight is 298 g/mol. The van der Waals surface area contributed by atoms with E-state index in [0.29, 0.717) is 31.7 Å². The number of hydrogen-bond acceptors (Lipinski definition) is 4. The van der Waals surface area contributed by atoms with Crippen LogP contribution in [0.3, 0.4) is 0 Å². The van der Waals surface area contributed by atoms with Crippen molar-refractivity contribution in [3.8, 4) is 0 Å². The summed E-state index contributed by atoms with van der Waals surface area (Å²) in [4.78, 5) is 30.5. The fourth-order valence-corrected chi connectivity index (χ4v) is 2.44. The van der Waals surface area contributed by atoms with Crippen LogP contribution in [0.1, 0.15) is 16.8 Å². The van der Waals surface area contributed by atoms with E-state index in [9.17, 15) is 9.59 Å². The molecule has 0 spiro atoms. The maximum atomic E-state index is 12.4. The molecule has 7 heteroatoms. The highest BCUT2D eigenvalue weighted by molar-refractivity contribution is 6.32. The molecule has 108 valence electrons. The zero-order chi connectivity index (χ0) is 14.5. The van der Waals surface area contributed by atoms with Crippen LogP contribution in [0.4, 0.5) is 0 Å². The Hall–Kier alpha value is -1.66. The third-order valence-electron chi connectivity index (χ3n) is 3.22. The van der Waals surface area contributed by atoms with Gasteiger partial charge in [0.05, 0.1) is 12.1 Å². The summed E-state index contributed by atoms with van der Waals surface area (Å²) >= 11 is 5.93. The first kappa shape index (κ1) is 14.7. The first-order valence-electron chi connectivity index (χ1n) is 6.42. The van der Waals surface area contributed by atoms with Crippen molar-refractivity contribution >= 4 is 23.5 Å². The number of aromatic nitrogens is 1. The average Bonchev–Trinajstić information content (AvgIpc) is 2.63. The van der Waals surface area contributed by atoms with Crippen LogP contribution in [0.25, 0.3) is 0 Å². The molecule has 1 saturated heterocycles. The lowest BCUT2D eigenvalue weighted by atomic mass is 10.2. The first-order chi connectivity index (χ1) is 9.58. The van der Waals surface area contributed by atoms with Crippen molar-refractivity contribution in [2.24, 2.45) is 0 Å². The largest absolute Gasteiger partial charge is 0.480 e. The van der Waals surface area contributed by atoms with Crippen LogP contribution in [0.2, 0.25) is 5.15 Å². The van der Waals surface area contributed by atoms with Gasteiger partial charge in [0.15, 0.2) is 0 Å². The van der Waals surface area contributed by atoms with E-state index in [0.717, 1.165) is 6.42 Å². The second kappa shape index (κ2) is 6.67. The third kappa shape index (κ3) is 3.68.